The number of nitrogens with zero attached hydrogens (tertiary/aromatic N) is 3. The molecule has 0 unspecified atom stereocenters. The first-order valence-electron chi connectivity index (χ1n) is 1.70. The molecule has 13 N–H and O–H groups in total. The fraction of sp³-hybridized carbons (Fsp3) is 0. The summed E-state index contributed by atoms with van der Waals surface area (Å²) in [5.41, 5.74) is 0. The van der Waals surface area contributed by atoms with E-state index < -0.39 is 15.3 Å². The molecule has 18 heavy (non-hydrogen) atoms. The van der Waals surface area contributed by atoms with Gasteiger partial charge in [-0.05, 0) is 0 Å². The molecular weight excluding hydrogens is 431 g/mol. The maximum atomic E-state index is 8.36. The Bertz CT molecular complexity index is 115. The molecule has 0 fully saturated rings. The fourth-order valence-corrected chi connectivity index (χ4v) is 0. The second kappa shape index (κ2) is 57.4. The van der Waals surface area contributed by atoms with E-state index in [1.54, 1.807) is 0 Å². The van der Waals surface area contributed by atoms with Crippen LogP contribution < -0.4 is 0 Å². The molecule has 0 aromatic rings. The molecule has 0 rings (SSSR count). The predicted molar refractivity (Wildman–Crippen MR) is 44.4 cm³/mol. The minimum atomic E-state index is -1.50. The normalized spacial score (nSPS) is 4.00. The van der Waals surface area contributed by atoms with Crippen molar-refractivity contribution in [2.75, 3.05) is 0 Å². The molecule has 0 heterocycles. The van der Waals surface area contributed by atoms with Gasteiger partial charge in [0.1, 0.15) is 0 Å². The third kappa shape index (κ3) is 1520. The average molecular weight is 444 g/mol. The van der Waals surface area contributed by atoms with Crippen molar-refractivity contribution < 1.29 is 96.0 Å². The largest absolute Gasteiger partial charge is 0.412 e. The Hall–Kier alpha value is -1.34. The molecule has 0 saturated heterocycles. The molecule has 0 saturated carbocycles. The zero-order valence-electron chi connectivity index (χ0n) is 7.93. The number of hydrogen-bond acceptors (Lipinski definition) is 6. The first-order chi connectivity index (χ1) is 5.20. The van der Waals surface area contributed by atoms with E-state index in [1.165, 1.54) is 0 Å². The maximum absolute atomic E-state index is 8.36. The van der Waals surface area contributed by atoms with Gasteiger partial charge in [0.05, 0.1) is 0 Å². The van der Waals surface area contributed by atoms with Crippen LogP contribution in [0.5, 0.6) is 0 Å². The summed E-state index contributed by atoms with van der Waals surface area (Å²) in [5.74, 6) is 0. The van der Waals surface area contributed by atoms with E-state index in [1.807, 2.05) is 0 Å². The van der Waals surface area contributed by atoms with Crippen LogP contribution in [-0.2, 0) is 0 Å². The van der Waals surface area contributed by atoms with E-state index in [-0.39, 0.29) is 65.1 Å². The van der Waals surface area contributed by atoms with E-state index in [0.29, 0.717) is 0 Å². The molecule has 0 aromatic heterocycles. The average Bonchev–Trinajstić information content (AvgIpc) is 1.54. The van der Waals surface area contributed by atoms with Crippen molar-refractivity contribution in [1.82, 2.24) is 0 Å². The molecule has 0 aromatic carbocycles. The summed E-state index contributed by atoms with van der Waals surface area (Å²) < 4.78 is 0. The molecule has 0 spiro atoms. The van der Waals surface area contributed by atoms with E-state index in [2.05, 4.69) is 0 Å². The summed E-state index contributed by atoms with van der Waals surface area (Å²) in [4.78, 5) is 25.1. The van der Waals surface area contributed by atoms with Crippen molar-refractivity contribution in [3.8, 4) is 0 Å². The van der Waals surface area contributed by atoms with Crippen LogP contribution in [0.1, 0.15) is 0 Å². The molecule has 123 valence electrons. The van der Waals surface area contributed by atoms with Gasteiger partial charge in [-0.15, -0.1) is 30.3 Å². The third-order valence-electron chi connectivity index (χ3n) is 0. The maximum Gasteiger partial charge on any atom is 0.291 e. The van der Waals surface area contributed by atoms with E-state index in [9.17, 15) is 0 Å². The van der Waals surface area contributed by atoms with E-state index in [0.717, 1.165) is 0 Å². The van der Waals surface area contributed by atoms with E-state index in [4.69, 9.17) is 46.0 Å². The third-order valence-corrected chi connectivity index (χ3v) is 0. The Morgan fingerprint density at radius 1 is 0.556 bits per heavy atom. The summed E-state index contributed by atoms with van der Waals surface area (Å²) in [6, 6.07) is 0. The van der Waals surface area contributed by atoms with Crippen LogP contribution in [0.25, 0.3) is 0 Å². The summed E-state index contributed by atoms with van der Waals surface area (Å²) in [6.07, 6.45) is 0. The molecule has 1 radical (unpaired) electrons. The number of hydrogen-bond donors (Lipinski definition) is 3. The summed E-state index contributed by atoms with van der Waals surface area (Å²) in [7, 11) is 0. The molecule has 0 aliphatic carbocycles. The molecule has 17 nitrogen and oxygen atoms in total. The second-order valence-corrected chi connectivity index (χ2v) is 0.714. The van der Waals surface area contributed by atoms with Crippen LogP contribution in [0.15, 0.2) is 0 Å². The first-order valence-corrected chi connectivity index (χ1v) is 1.70. The molecule has 0 atom stereocenters. The van der Waals surface area contributed by atoms with Crippen molar-refractivity contribution in [2.24, 2.45) is 0 Å². The Balaban J connectivity index is -0.00000000827. The first kappa shape index (κ1) is 69.6. The van der Waals surface area contributed by atoms with Crippen LogP contribution >= 0.6 is 0 Å². The van der Waals surface area contributed by atoms with Gasteiger partial charge in [-0.2, -0.15) is 0 Å². The molecule has 0 bridgehead atoms. The van der Waals surface area contributed by atoms with Crippen molar-refractivity contribution in [3.05, 3.63) is 30.3 Å². The van der Waals surface area contributed by atoms with Gasteiger partial charge < -0.3 is 43.0 Å². The van der Waals surface area contributed by atoms with Crippen molar-refractivity contribution in [2.45, 2.75) is 0 Å². The van der Waals surface area contributed by atoms with Crippen LogP contribution in [0, 0.1) is 68.1 Å². The smallest absolute Gasteiger partial charge is 0.291 e. The zero-order chi connectivity index (χ0) is 10.7. The second-order valence-electron chi connectivity index (χ2n) is 0.714. The van der Waals surface area contributed by atoms with Crippen molar-refractivity contribution in [1.29, 1.82) is 0 Å². The monoisotopic (exact) mass is 444 g/mol. The van der Waals surface area contributed by atoms with Gasteiger partial charge in [0.2, 0.25) is 0 Å². The molecule has 0 aliphatic heterocycles. The predicted octanol–water partition coefficient (Wildman–Crippen LogP) is -5.17. The van der Waals surface area contributed by atoms with Gasteiger partial charge in [-0.3, -0.25) is 0 Å². The van der Waals surface area contributed by atoms with Crippen molar-refractivity contribution in [3.63, 3.8) is 0 Å². The minimum Gasteiger partial charge on any atom is -0.412 e. The Morgan fingerprint density at radius 2 is 0.556 bits per heavy atom. The SMILES string of the molecule is O.O.O.O.O.O=[N+]([O-])O.O=[N+]([O-])O.O=[N+]([O-])O.[Ho]. The van der Waals surface area contributed by atoms with E-state index >= 15 is 0 Å². The van der Waals surface area contributed by atoms with Gasteiger partial charge in [-0.1, -0.05) is 0 Å². The fourth-order valence-electron chi connectivity index (χ4n) is 0. The van der Waals surface area contributed by atoms with Crippen LogP contribution in [-0.4, -0.2) is 58.3 Å². The van der Waals surface area contributed by atoms with Crippen LogP contribution in [0.4, 0.5) is 0 Å². The van der Waals surface area contributed by atoms with Gasteiger partial charge in [0.25, 0.3) is 15.3 Å². The quantitative estimate of drug-likeness (QED) is 0.182. The number of rotatable bonds is 0. The summed E-state index contributed by atoms with van der Waals surface area (Å²) in [5, 5.41) is 40.9. The molecule has 0 amide bonds. The molecular formula is H13HoN3O14. The van der Waals surface area contributed by atoms with Gasteiger partial charge in [0, 0.05) is 37.7 Å². The van der Waals surface area contributed by atoms with Gasteiger partial charge in [-0.25, -0.2) is 0 Å². The van der Waals surface area contributed by atoms with Gasteiger partial charge >= 0.3 is 0 Å². The Labute approximate surface area is 126 Å². The zero-order valence-corrected chi connectivity index (χ0v) is 9.87. The van der Waals surface area contributed by atoms with Crippen LogP contribution in [0.3, 0.4) is 0 Å². The summed E-state index contributed by atoms with van der Waals surface area (Å²) >= 11 is 0. The van der Waals surface area contributed by atoms with Crippen LogP contribution in [0.2, 0.25) is 0 Å². The standard InChI is InChI=1S/Ho.3HNO3.5H2O/c;3*2-1(3)4;;;;;/h;3*(H,2,3,4);5*1H2. The minimum absolute atomic E-state index is 0. The molecule has 0 aliphatic rings. The van der Waals surface area contributed by atoms with Gasteiger partial charge in [0.15, 0.2) is 0 Å². The molecule has 18 heteroatoms. The summed E-state index contributed by atoms with van der Waals surface area (Å²) in [6.45, 7) is 0. The Kier molecular flexibility index (Phi) is 222. The Morgan fingerprint density at radius 3 is 0.556 bits per heavy atom. The topological polar surface area (TPSA) is 348 Å². The van der Waals surface area contributed by atoms with Crippen molar-refractivity contribution >= 4 is 0 Å².